The van der Waals surface area contributed by atoms with E-state index in [4.69, 9.17) is 11.5 Å². The average molecular weight is 146 g/mol. The van der Waals surface area contributed by atoms with E-state index in [1.807, 2.05) is 0 Å². The average Bonchev–Trinajstić information content (AvgIpc) is 1.96. The van der Waals surface area contributed by atoms with Crippen LogP contribution in [0.15, 0.2) is 0 Å². The lowest BCUT2D eigenvalue weighted by Crippen LogP contribution is -1.91. The van der Waals surface area contributed by atoms with Gasteiger partial charge in [0.2, 0.25) is 0 Å². The molecule has 0 amide bonds. The lowest BCUT2D eigenvalue weighted by atomic mass is 10.3. The van der Waals surface area contributed by atoms with Gasteiger partial charge in [0.1, 0.15) is 0 Å². The zero-order valence-corrected chi connectivity index (χ0v) is 5.85. The predicted octanol–water partition coefficient (Wildman–Crippen LogP) is 0.491. The fourth-order valence-corrected chi connectivity index (χ4v) is 0.343. The standard InChI is InChI=1S/C9H6O2/c1-2-3-4-5-6-7-8-9(10)11/h1H,7-8H2,(H,10,11). The summed E-state index contributed by atoms with van der Waals surface area (Å²) in [7, 11) is 0. The Morgan fingerprint density at radius 2 is 2.09 bits per heavy atom. The summed E-state index contributed by atoms with van der Waals surface area (Å²) in [5, 5.41) is 8.18. The minimum Gasteiger partial charge on any atom is -0.481 e. The van der Waals surface area contributed by atoms with Crippen LogP contribution in [-0.2, 0) is 4.79 Å². The molecule has 2 nitrogen and oxygen atoms in total. The van der Waals surface area contributed by atoms with E-state index >= 15 is 0 Å². The second-order valence-corrected chi connectivity index (χ2v) is 1.59. The minimum absolute atomic E-state index is 0.0464. The molecule has 0 atom stereocenters. The van der Waals surface area contributed by atoms with Crippen molar-refractivity contribution in [2.75, 3.05) is 0 Å². The van der Waals surface area contributed by atoms with Gasteiger partial charge in [0.25, 0.3) is 0 Å². The molecule has 0 fully saturated rings. The van der Waals surface area contributed by atoms with Crippen LogP contribution in [0.25, 0.3) is 0 Å². The van der Waals surface area contributed by atoms with Gasteiger partial charge >= 0.3 is 5.97 Å². The van der Waals surface area contributed by atoms with Crippen LogP contribution >= 0.6 is 0 Å². The molecule has 2 heteroatoms. The SMILES string of the molecule is C#CC#CC#CCCC(=O)O. The number of carboxylic acids is 1. The minimum atomic E-state index is -0.857. The van der Waals surface area contributed by atoms with Crippen molar-refractivity contribution in [2.24, 2.45) is 0 Å². The Morgan fingerprint density at radius 1 is 1.36 bits per heavy atom. The van der Waals surface area contributed by atoms with Crippen LogP contribution in [0.2, 0.25) is 0 Å². The number of hydrogen-bond donors (Lipinski definition) is 1. The summed E-state index contributed by atoms with van der Waals surface area (Å²) in [6, 6.07) is 0. The van der Waals surface area contributed by atoms with Gasteiger partial charge in [0, 0.05) is 6.42 Å². The number of carboxylic acid groups (broad SMARTS) is 1. The normalized spacial score (nSPS) is 6.09. The number of aliphatic carboxylic acids is 1. The third-order valence-corrected chi connectivity index (χ3v) is 0.749. The van der Waals surface area contributed by atoms with Crippen molar-refractivity contribution in [1.82, 2.24) is 0 Å². The molecule has 0 spiro atoms. The zero-order valence-electron chi connectivity index (χ0n) is 5.85. The highest BCUT2D eigenvalue weighted by molar-refractivity contribution is 5.67. The Kier molecular flexibility index (Phi) is 5.22. The van der Waals surface area contributed by atoms with Gasteiger partial charge in [-0.25, -0.2) is 0 Å². The molecule has 0 bridgehead atoms. The molecule has 1 N–H and O–H groups in total. The lowest BCUT2D eigenvalue weighted by Gasteiger charge is -1.80. The molecule has 0 heterocycles. The molecule has 0 unspecified atom stereocenters. The molecule has 0 saturated carbocycles. The topological polar surface area (TPSA) is 37.3 Å². The summed E-state index contributed by atoms with van der Waals surface area (Å²) in [5.74, 6) is 10.9. The maximum atomic E-state index is 9.95. The fraction of sp³-hybridized carbons (Fsp3) is 0.222. The van der Waals surface area contributed by atoms with Gasteiger partial charge in [0.15, 0.2) is 0 Å². The second kappa shape index (κ2) is 6.27. The molecule has 0 aromatic rings. The van der Waals surface area contributed by atoms with Crippen LogP contribution in [0.1, 0.15) is 12.8 Å². The maximum absolute atomic E-state index is 9.95. The third-order valence-electron chi connectivity index (χ3n) is 0.749. The van der Waals surface area contributed by atoms with E-state index in [1.54, 1.807) is 0 Å². The van der Waals surface area contributed by atoms with Gasteiger partial charge in [-0.05, 0) is 23.7 Å². The monoisotopic (exact) mass is 146 g/mol. The molecule has 0 aliphatic heterocycles. The summed E-state index contributed by atoms with van der Waals surface area (Å²) in [5.41, 5.74) is 0. The van der Waals surface area contributed by atoms with Crippen LogP contribution in [-0.4, -0.2) is 11.1 Å². The molecule has 0 radical (unpaired) electrons. The molecular weight excluding hydrogens is 140 g/mol. The fourth-order valence-electron chi connectivity index (χ4n) is 0.343. The molecule has 11 heavy (non-hydrogen) atoms. The van der Waals surface area contributed by atoms with Crippen molar-refractivity contribution >= 4 is 5.97 Å². The summed E-state index contributed by atoms with van der Waals surface area (Å²) in [6.45, 7) is 0. The highest BCUT2D eigenvalue weighted by Gasteiger charge is 1.90. The Labute approximate surface area is 65.6 Å². The van der Waals surface area contributed by atoms with Crippen LogP contribution < -0.4 is 0 Å². The smallest absolute Gasteiger partial charge is 0.304 e. The van der Waals surface area contributed by atoms with Crippen LogP contribution in [0, 0.1) is 36.0 Å². The first-order chi connectivity index (χ1) is 5.27. The highest BCUT2D eigenvalue weighted by Crippen LogP contribution is 1.83. The number of rotatable bonds is 2. The van der Waals surface area contributed by atoms with Gasteiger partial charge in [-0.2, -0.15) is 0 Å². The predicted molar refractivity (Wildman–Crippen MR) is 41.3 cm³/mol. The lowest BCUT2D eigenvalue weighted by molar-refractivity contribution is -0.136. The molecule has 54 valence electrons. The summed E-state index contributed by atoms with van der Waals surface area (Å²) in [6.07, 6.45) is 5.17. The number of hydrogen-bond acceptors (Lipinski definition) is 1. The van der Waals surface area contributed by atoms with Gasteiger partial charge in [0.05, 0.1) is 6.42 Å². The van der Waals surface area contributed by atoms with Gasteiger partial charge in [-0.3, -0.25) is 4.79 Å². The summed E-state index contributed by atoms with van der Waals surface area (Å²) in [4.78, 5) is 9.95. The molecule has 0 aliphatic carbocycles. The van der Waals surface area contributed by atoms with Crippen molar-refractivity contribution in [2.45, 2.75) is 12.8 Å². The Balaban J connectivity index is 3.59. The van der Waals surface area contributed by atoms with Crippen LogP contribution in [0.4, 0.5) is 0 Å². The second-order valence-electron chi connectivity index (χ2n) is 1.59. The van der Waals surface area contributed by atoms with Crippen molar-refractivity contribution < 1.29 is 9.90 Å². The zero-order chi connectivity index (χ0) is 8.53. The highest BCUT2D eigenvalue weighted by atomic mass is 16.4. The number of terminal acetylenes is 1. The Morgan fingerprint density at radius 3 is 2.64 bits per heavy atom. The van der Waals surface area contributed by atoms with E-state index in [0.29, 0.717) is 6.42 Å². The van der Waals surface area contributed by atoms with Gasteiger partial charge in [-0.15, -0.1) is 6.42 Å². The maximum Gasteiger partial charge on any atom is 0.304 e. The molecule has 0 aromatic heterocycles. The van der Waals surface area contributed by atoms with Crippen molar-refractivity contribution in [3.8, 4) is 36.0 Å². The molecule has 0 aromatic carbocycles. The van der Waals surface area contributed by atoms with Crippen molar-refractivity contribution in [3.63, 3.8) is 0 Å². The van der Waals surface area contributed by atoms with E-state index in [2.05, 4.69) is 29.6 Å². The first-order valence-corrected chi connectivity index (χ1v) is 2.92. The molecule has 0 saturated heterocycles. The quantitative estimate of drug-likeness (QED) is 0.576. The summed E-state index contributed by atoms with van der Waals surface area (Å²) >= 11 is 0. The van der Waals surface area contributed by atoms with Crippen molar-refractivity contribution in [3.05, 3.63) is 0 Å². The Bertz CT molecular complexity index is 285. The van der Waals surface area contributed by atoms with Crippen LogP contribution in [0.3, 0.4) is 0 Å². The molecule has 0 rings (SSSR count). The first kappa shape index (κ1) is 9.15. The third kappa shape index (κ3) is 8.15. The van der Waals surface area contributed by atoms with E-state index in [1.165, 1.54) is 0 Å². The number of carbonyl (C=O) groups is 1. The largest absolute Gasteiger partial charge is 0.481 e. The summed E-state index contributed by atoms with van der Waals surface area (Å²) < 4.78 is 0. The van der Waals surface area contributed by atoms with Crippen LogP contribution in [0.5, 0.6) is 0 Å². The first-order valence-electron chi connectivity index (χ1n) is 2.92. The molecule has 0 aliphatic rings. The van der Waals surface area contributed by atoms with Gasteiger partial charge < -0.3 is 5.11 Å². The van der Waals surface area contributed by atoms with E-state index in [0.717, 1.165) is 0 Å². The van der Waals surface area contributed by atoms with E-state index in [9.17, 15) is 4.79 Å². The van der Waals surface area contributed by atoms with Gasteiger partial charge in [-0.1, -0.05) is 5.92 Å². The van der Waals surface area contributed by atoms with E-state index in [-0.39, 0.29) is 6.42 Å². The Hall–Kier alpha value is -1.85. The van der Waals surface area contributed by atoms with Crippen molar-refractivity contribution in [1.29, 1.82) is 0 Å². The van der Waals surface area contributed by atoms with E-state index < -0.39 is 5.97 Å². The molecular formula is C9H6O2.